The van der Waals surface area contributed by atoms with Crippen LogP contribution in [0.25, 0.3) is 137 Å². The first-order valence-electron chi connectivity index (χ1n) is 50.4. The van der Waals surface area contributed by atoms with Crippen molar-refractivity contribution in [2.75, 3.05) is 13.2 Å². The second-order valence-corrected chi connectivity index (χ2v) is 42.1. The summed E-state index contributed by atoms with van der Waals surface area (Å²) in [6.45, 7) is 28.8. The van der Waals surface area contributed by atoms with Crippen LogP contribution < -0.4 is 30.7 Å². The van der Waals surface area contributed by atoms with Gasteiger partial charge in [0.1, 0.15) is 0 Å². The molecule has 0 aliphatic carbocycles. The van der Waals surface area contributed by atoms with E-state index in [4.69, 9.17) is 29.4 Å². The second kappa shape index (κ2) is 42.6. The van der Waals surface area contributed by atoms with Crippen LogP contribution in [0.1, 0.15) is 288 Å². The summed E-state index contributed by atoms with van der Waals surface area (Å²) in [5, 5.41) is 17.7. The van der Waals surface area contributed by atoms with Gasteiger partial charge in [-0.1, -0.05) is 295 Å². The molecule has 4 amide bonds. The smallest absolute Gasteiger partial charge is 0.225 e. The lowest BCUT2D eigenvalue weighted by Crippen LogP contribution is -2.38. The molecule has 4 aliphatic heterocycles. The van der Waals surface area contributed by atoms with Crippen molar-refractivity contribution >= 4 is 138 Å². The minimum absolute atomic E-state index is 0.109. The third-order valence-corrected chi connectivity index (χ3v) is 26.9. The molecule has 8 N–H and O–H groups in total. The fourth-order valence-corrected chi connectivity index (χ4v) is 19.1. The van der Waals surface area contributed by atoms with Crippen molar-refractivity contribution in [2.45, 2.75) is 224 Å². The summed E-state index contributed by atoms with van der Waals surface area (Å²) in [6.07, 6.45) is 31.2. The maximum Gasteiger partial charge on any atom is 0.225 e. The number of H-pyrrole nitrogens is 4. The van der Waals surface area contributed by atoms with Crippen molar-refractivity contribution in [3.8, 4) is 33.8 Å². The Morgan fingerprint density at radius 2 is 0.564 bits per heavy atom. The largest absolute Gasteiger partial charge is 0.489 e. The number of benzene rings is 7. The number of rotatable bonds is 34. The van der Waals surface area contributed by atoms with Gasteiger partial charge < -0.3 is 50.7 Å². The van der Waals surface area contributed by atoms with Gasteiger partial charge in [0, 0.05) is 110 Å². The van der Waals surface area contributed by atoms with Gasteiger partial charge >= 0.3 is 0 Å². The number of carbonyl (C=O) groups excluding carboxylic acids is 4. The van der Waals surface area contributed by atoms with Crippen LogP contribution in [0.5, 0.6) is 11.5 Å². The highest BCUT2D eigenvalue weighted by Gasteiger charge is 2.35. The lowest BCUT2D eigenvalue weighted by atomic mass is 9.92. The molecule has 0 unspecified atom stereocenters. The molecule has 0 fully saturated rings. The number of fused-ring (bicyclic) bond motifs is 19. The Balaban J connectivity index is 0.989. The van der Waals surface area contributed by atoms with E-state index in [1.54, 1.807) is 0 Å². The van der Waals surface area contributed by atoms with Crippen LogP contribution >= 0.6 is 0 Å². The first kappa shape index (κ1) is 97.4. The molecule has 0 saturated carbocycles. The summed E-state index contributed by atoms with van der Waals surface area (Å²) >= 11 is 0. The third kappa shape index (κ3) is 22.8. The molecule has 140 heavy (non-hydrogen) atoms. The number of hydrogen-bond donors (Lipinski definition) is 8. The van der Waals surface area contributed by atoms with Crippen molar-refractivity contribution in [1.82, 2.24) is 61.1 Å². The van der Waals surface area contributed by atoms with E-state index in [0.29, 0.717) is 95.9 Å². The number of hydrogen-bond acceptors (Lipinski definition) is 10. The monoisotopic (exact) mass is 1860 g/mol. The Bertz CT molecular complexity index is 6680. The van der Waals surface area contributed by atoms with E-state index in [-0.39, 0.29) is 23.6 Å². The van der Waals surface area contributed by atoms with Crippen LogP contribution in [0.2, 0.25) is 0 Å². The minimum atomic E-state index is -0.752. The average Bonchev–Trinajstić information content (AvgIpc) is 0.932. The molecular weight excluding hydrogens is 1730 g/mol. The number of aromatic amines is 4. The molecule has 7 aromatic carbocycles. The molecule has 18 nitrogen and oxygen atoms in total. The molecule has 718 valence electrons. The number of amides is 4. The lowest BCUT2D eigenvalue weighted by molar-refractivity contribution is -0.130. The highest BCUT2D eigenvalue weighted by molar-refractivity contribution is 6.17. The fraction of sp³-hybridized carbons (Fsp3) is 0.328. The van der Waals surface area contributed by atoms with Gasteiger partial charge in [0.15, 0.2) is 11.5 Å². The fourth-order valence-electron chi connectivity index (χ4n) is 19.1. The maximum absolute atomic E-state index is 14.8. The van der Waals surface area contributed by atoms with Gasteiger partial charge in [0.2, 0.25) is 23.6 Å². The van der Waals surface area contributed by atoms with Crippen LogP contribution in [0.3, 0.4) is 0 Å². The third-order valence-electron chi connectivity index (χ3n) is 26.9. The Kier molecular flexibility index (Phi) is 29.6. The average molecular weight is 1860 g/mol. The summed E-state index contributed by atoms with van der Waals surface area (Å²) in [4.78, 5) is 97.9. The zero-order valence-corrected chi connectivity index (χ0v) is 83.7. The standard InChI is InChI=1S/C122H134N12O6/c1-15-17-19-21-23-37-67-139-113-87-53-47-81(107-91-59-63-99(127-91)109(103(131-115(135)119(3,4)5)69-77-39-29-25-30-40-77)95-55-49-83(123-95)75-84-50-56-96(124-84)110(100-64-60-92(107)128-100)104(132-116(136)120(6,7)8)70-78-41-31-26-32-42-78)73-89(87)90-74-82(48-54-88(90)114(113)140-68-38-24-22-20-18-16-2)108-93-61-65-101(129-93)111(105(133-117(137)121(9,10)11)71-79-43-33-27-34-44-79)97-57-51-85(125-97)76-86-52-58-98(126-86)112(102-66-62-94(108)130-102)106(134-118(138)122(12,13)14)72-80-45-35-28-36-46-80/h25-36,39-66,73-76,103-106,123,125,128,130H,15-24,37-38,67-72H2,1-14H3,(H,131,135)(H,132,136)(H,133,137)(H,134,138)/t103-,104-,105-,106-/m0/s1. The summed E-state index contributed by atoms with van der Waals surface area (Å²) < 4.78 is 14.9. The van der Waals surface area contributed by atoms with Crippen LogP contribution in [-0.2, 0) is 44.9 Å². The van der Waals surface area contributed by atoms with E-state index in [2.05, 4.69) is 225 Å². The van der Waals surface area contributed by atoms with Crippen LogP contribution in [0.15, 0.2) is 218 Å². The normalized spacial score (nSPS) is 13.5. The van der Waals surface area contributed by atoms with Crippen molar-refractivity contribution in [3.63, 3.8) is 0 Å². The maximum atomic E-state index is 14.8. The Morgan fingerprint density at radius 3 is 0.886 bits per heavy atom. The number of aromatic nitrogens is 8. The zero-order chi connectivity index (χ0) is 98.0. The van der Waals surface area contributed by atoms with Crippen LogP contribution in [0.4, 0.5) is 0 Å². The van der Waals surface area contributed by atoms with Gasteiger partial charge in [-0.2, -0.15) is 0 Å². The van der Waals surface area contributed by atoms with E-state index < -0.39 is 45.8 Å². The van der Waals surface area contributed by atoms with E-state index >= 15 is 0 Å². The summed E-state index contributed by atoms with van der Waals surface area (Å²) in [5.41, 5.74) is 19.1. The van der Waals surface area contributed by atoms with Gasteiger partial charge in [-0.25, -0.2) is 19.9 Å². The molecule has 0 saturated heterocycles. The van der Waals surface area contributed by atoms with Crippen molar-refractivity contribution < 1.29 is 28.7 Å². The zero-order valence-electron chi connectivity index (χ0n) is 83.7. The first-order valence-corrected chi connectivity index (χ1v) is 50.4. The Hall–Kier alpha value is -14.3. The Labute approximate surface area is 823 Å². The molecule has 4 aliphatic rings. The van der Waals surface area contributed by atoms with Crippen LogP contribution in [0, 0.1) is 21.7 Å². The first-order chi connectivity index (χ1) is 67.5. The van der Waals surface area contributed by atoms with E-state index in [0.717, 1.165) is 197 Å². The molecule has 13 aromatic rings. The van der Waals surface area contributed by atoms with Crippen molar-refractivity contribution in [2.24, 2.45) is 21.7 Å². The quantitative estimate of drug-likeness (QED) is 0.0140. The number of unbranched alkanes of at least 4 members (excludes halogenated alkanes) is 10. The second-order valence-electron chi connectivity index (χ2n) is 42.1. The number of nitrogens with zero attached hydrogens (tertiary/aromatic N) is 4. The molecule has 17 rings (SSSR count). The molecule has 10 heterocycles. The van der Waals surface area contributed by atoms with E-state index in [9.17, 15) is 19.2 Å². The summed E-state index contributed by atoms with van der Waals surface area (Å²) in [7, 11) is 0. The SMILES string of the molecule is CCCCCCCCOc1c(OCCCCCCCC)c2ccc(-c3c4nc(c([C@H](Cc5ccccc5)NC(=O)C(C)(C)C)c5ccc(cc6nc(c([C@H](Cc7ccccc7)NC(=O)C(C)(C)C)c7ccc3[nH]7)C=C6)[nH]5)C=C4)cc2c2cc(-c3c4nc(c([C@H](Cc5ccccc5)NC(=O)C(C)(C)C)c5ccc(cc6nc(c([C@H](Cc7ccccc7)NC(=O)C(C)(C)C)c7ccc3[nH]7)C=C6)[nH]5)C=C4)ccc12. The molecule has 6 aromatic heterocycles. The highest BCUT2D eigenvalue weighted by atomic mass is 16.5. The van der Waals surface area contributed by atoms with Crippen molar-refractivity contribution in [1.29, 1.82) is 0 Å². The van der Waals surface area contributed by atoms with Gasteiger partial charge in [0.05, 0.1) is 82.9 Å². The highest BCUT2D eigenvalue weighted by Crippen LogP contribution is 2.49. The summed E-state index contributed by atoms with van der Waals surface area (Å²) in [5.74, 6) is 0.893. The molecule has 0 spiro atoms. The molecule has 16 bridgehead atoms. The molecule has 0 radical (unpaired) electrons. The number of nitrogens with one attached hydrogen (secondary N) is 8. The number of carbonyl (C=O) groups is 4. The predicted octanol–water partition coefficient (Wildman–Crippen LogP) is 28.5. The molecule has 4 atom stereocenters. The molecule has 18 heteroatoms. The Morgan fingerprint density at radius 1 is 0.286 bits per heavy atom. The number of ether oxygens (including phenoxy) is 2. The topological polar surface area (TPSA) is 250 Å². The van der Waals surface area contributed by atoms with Crippen LogP contribution in [-0.4, -0.2) is 76.7 Å². The van der Waals surface area contributed by atoms with Crippen molar-refractivity contribution in [3.05, 3.63) is 308 Å². The minimum Gasteiger partial charge on any atom is -0.489 e. The van der Waals surface area contributed by atoms with E-state index in [1.807, 2.05) is 180 Å². The van der Waals surface area contributed by atoms with Gasteiger partial charge in [0.25, 0.3) is 0 Å². The predicted molar refractivity (Wildman–Crippen MR) is 577 cm³/mol. The van der Waals surface area contributed by atoms with Gasteiger partial charge in [-0.05, 0) is 216 Å². The van der Waals surface area contributed by atoms with E-state index in [1.165, 1.54) is 12.8 Å². The van der Waals surface area contributed by atoms with Gasteiger partial charge in [-0.15, -0.1) is 0 Å². The lowest BCUT2D eigenvalue weighted by Gasteiger charge is -2.25. The molecular formula is C122H134N12O6. The summed E-state index contributed by atoms with van der Waals surface area (Å²) in [6, 6.07) is 73.1. The van der Waals surface area contributed by atoms with Gasteiger partial charge in [-0.3, -0.25) is 19.2 Å².